The summed E-state index contributed by atoms with van der Waals surface area (Å²) < 4.78 is 24.0. The fourth-order valence-corrected chi connectivity index (χ4v) is 2.50. The molecule has 0 fully saturated rings. The second-order valence-electron chi connectivity index (χ2n) is 5.07. The van der Waals surface area contributed by atoms with Crippen LogP contribution in [0.15, 0.2) is 30.8 Å². The van der Waals surface area contributed by atoms with E-state index in [4.69, 9.17) is 14.5 Å². The average Bonchev–Trinajstić information content (AvgIpc) is 2.46. The zero-order valence-corrected chi connectivity index (χ0v) is 13.3. The molecule has 0 unspecified atom stereocenters. The summed E-state index contributed by atoms with van der Waals surface area (Å²) in [5.41, 5.74) is 1.40. The lowest BCUT2D eigenvalue weighted by atomic mass is 9.92. The highest BCUT2D eigenvalue weighted by Gasteiger charge is 2.14. The summed E-state index contributed by atoms with van der Waals surface area (Å²) in [7, 11) is -2.45. The summed E-state index contributed by atoms with van der Waals surface area (Å²) in [5, 5.41) is 1.64. The van der Waals surface area contributed by atoms with Gasteiger partial charge in [0.1, 0.15) is 11.6 Å². The van der Waals surface area contributed by atoms with Crippen LogP contribution in [0.3, 0.4) is 0 Å². The Bertz CT molecular complexity index is 685. The molecule has 0 bridgehead atoms. The van der Waals surface area contributed by atoms with Gasteiger partial charge in [-0.2, -0.15) is 0 Å². The molecule has 0 atom stereocenters. The highest BCUT2D eigenvalue weighted by Crippen LogP contribution is 2.35. The molecule has 0 heterocycles. The van der Waals surface area contributed by atoms with Crippen molar-refractivity contribution in [1.29, 1.82) is 0 Å². The predicted octanol–water partition coefficient (Wildman–Crippen LogP) is 4.31. The summed E-state index contributed by atoms with van der Waals surface area (Å²) in [5.74, 6) is 0.363. The summed E-state index contributed by atoms with van der Waals surface area (Å²) in [6.45, 7) is 7.44. The van der Waals surface area contributed by atoms with E-state index in [2.05, 4.69) is 11.1 Å². The minimum absolute atomic E-state index is 0.153. The minimum Gasteiger partial charge on any atom is -0.467 e. The molecule has 0 radical (unpaired) electrons. The average molecular weight is 324 g/mol. The fraction of sp³-hybridized carbons (Fsp3) is 0.250. The Balaban J connectivity index is 2.51. The number of benzene rings is 2. The Morgan fingerprint density at radius 1 is 1.32 bits per heavy atom. The Morgan fingerprint density at radius 2 is 2.05 bits per heavy atom. The van der Waals surface area contributed by atoms with Gasteiger partial charge < -0.3 is 14.5 Å². The van der Waals surface area contributed by atoms with E-state index >= 15 is 0 Å². The minimum atomic E-state index is -2.45. The molecular formula is C16H18FO4P. The van der Waals surface area contributed by atoms with Crippen molar-refractivity contribution in [3.63, 3.8) is 0 Å². The van der Waals surface area contributed by atoms with Gasteiger partial charge in [0, 0.05) is 5.56 Å². The van der Waals surface area contributed by atoms with Crippen LogP contribution in [0.5, 0.6) is 5.75 Å². The van der Waals surface area contributed by atoms with Crippen LogP contribution in [0.2, 0.25) is 0 Å². The first-order valence-corrected chi connectivity index (χ1v) is 7.92. The highest BCUT2D eigenvalue weighted by atomic mass is 31.2. The Labute approximate surface area is 129 Å². The monoisotopic (exact) mass is 324 g/mol. The number of ether oxygens (including phenoxy) is 1. The summed E-state index contributed by atoms with van der Waals surface area (Å²) in [4.78, 5) is 17.4. The summed E-state index contributed by atoms with van der Waals surface area (Å²) in [6.07, 6.45) is 1.51. The third-order valence-electron chi connectivity index (χ3n) is 3.33. The zero-order chi connectivity index (χ0) is 16.3. The van der Waals surface area contributed by atoms with Gasteiger partial charge in [0.25, 0.3) is 0 Å². The van der Waals surface area contributed by atoms with Gasteiger partial charge in [0.2, 0.25) is 0 Å². The SMILES string of the molecule is C=Cc1c(F)ccc2cc(OCOP(O)O)cc(C(C)C)c12. The molecule has 0 aromatic heterocycles. The van der Waals surface area contributed by atoms with E-state index in [1.807, 2.05) is 13.8 Å². The van der Waals surface area contributed by atoms with Crippen LogP contribution in [0.1, 0.15) is 30.9 Å². The van der Waals surface area contributed by atoms with E-state index < -0.39 is 8.60 Å². The van der Waals surface area contributed by atoms with Crippen LogP contribution in [0.25, 0.3) is 16.8 Å². The number of halogens is 1. The van der Waals surface area contributed by atoms with Gasteiger partial charge in [-0.15, -0.1) is 0 Å². The lowest BCUT2D eigenvalue weighted by Crippen LogP contribution is -2.01. The molecule has 118 valence electrons. The fourth-order valence-electron chi connectivity index (χ4n) is 2.35. The van der Waals surface area contributed by atoms with E-state index in [1.54, 1.807) is 18.2 Å². The molecule has 2 N–H and O–H groups in total. The maximum absolute atomic E-state index is 14.0. The van der Waals surface area contributed by atoms with Crippen molar-refractivity contribution in [2.45, 2.75) is 19.8 Å². The van der Waals surface area contributed by atoms with Crippen molar-refractivity contribution < 1.29 is 23.4 Å². The molecule has 22 heavy (non-hydrogen) atoms. The van der Waals surface area contributed by atoms with Gasteiger partial charge in [0.05, 0.1) is 0 Å². The van der Waals surface area contributed by atoms with Gasteiger partial charge >= 0.3 is 8.60 Å². The van der Waals surface area contributed by atoms with Crippen molar-refractivity contribution in [2.75, 3.05) is 6.79 Å². The molecule has 0 saturated carbocycles. The summed E-state index contributed by atoms with van der Waals surface area (Å²) >= 11 is 0. The van der Waals surface area contributed by atoms with Gasteiger partial charge in [0.15, 0.2) is 6.79 Å². The van der Waals surface area contributed by atoms with E-state index in [0.29, 0.717) is 11.3 Å². The van der Waals surface area contributed by atoms with Crippen molar-refractivity contribution in [1.82, 2.24) is 0 Å². The Morgan fingerprint density at radius 3 is 2.64 bits per heavy atom. The van der Waals surface area contributed by atoms with E-state index in [0.717, 1.165) is 16.3 Å². The lowest BCUT2D eigenvalue weighted by Gasteiger charge is -2.16. The van der Waals surface area contributed by atoms with Gasteiger partial charge in [-0.25, -0.2) is 4.39 Å². The number of hydrogen-bond acceptors (Lipinski definition) is 4. The van der Waals surface area contributed by atoms with Gasteiger partial charge in [-0.05, 0) is 40.5 Å². The predicted molar refractivity (Wildman–Crippen MR) is 86.0 cm³/mol. The van der Waals surface area contributed by atoms with Crippen LogP contribution in [-0.4, -0.2) is 16.6 Å². The first-order chi connectivity index (χ1) is 10.4. The van der Waals surface area contributed by atoms with E-state index in [1.165, 1.54) is 12.1 Å². The number of rotatable bonds is 6. The smallest absolute Gasteiger partial charge is 0.330 e. The Hall–Kier alpha value is -1.52. The maximum atomic E-state index is 14.0. The van der Waals surface area contributed by atoms with Crippen LogP contribution in [0, 0.1) is 5.82 Å². The molecule has 0 aliphatic heterocycles. The largest absolute Gasteiger partial charge is 0.467 e. The molecule has 4 nitrogen and oxygen atoms in total. The lowest BCUT2D eigenvalue weighted by molar-refractivity contribution is 0.105. The summed E-state index contributed by atoms with van der Waals surface area (Å²) in [6, 6.07) is 6.64. The molecule has 2 aromatic carbocycles. The van der Waals surface area contributed by atoms with Crippen LogP contribution in [-0.2, 0) is 4.52 Å². The Kier molecular flexibility index (Phi) is 5.48. The number of hydrogen-bond donors (Lipinski definition) is 2. The molecule has 6 heteroatoms. The third-order valence-corrected chi connectivity index (χ3v) is 3.66. The highest BCUT2D eigenvalue weighted by molar-refractivity contribution is 7.39. The van der Waals surface area contributed by atoms with E-state index in [-0.39, 0.29) is 18.5 Å². The molecule has 0 aliphatic rings. The second kappa shape index (κ2) is 7.16. The first kappa shape index (κ1) is 16.8. The van der Waals surface area contributed by atoms with Crippen LogP contribution in [0.4, 0.5) is 4.39 Å². The molecule has 0 amide bonds. The van der Waals surface area contributed by atoms with Gasteiger partial charge in [-0.3, -0.25) is 4.52 Å². The molecule has 0 spiro atoms. The normalized spacial score (nSPS) is 11.4. The van der Waals surface area contributed by atoms with Crippen LogP contribution >= 0.6 is 8.60 Å². The quantitative estimate of drug-likeness (QED) is 0.614. The second-order valence-corrected chi connectivity index (χ2v) is 5.84. The standard InChI is InChI=1S/C16H18FO4P/c1-4-13-15(17)6-5-11-7-12(20-9-21-22(18)19)8-14(10(2)3)16(11)13/h4-8,10,18-19H,1,9H2,2-3H3. The third kappa shape index (κ3) is 3.62. The molecule has 2 aromatic rings. The first-order valence-electron chi connectivity index (χ1n) is 6.76. The number of fused-ring (bicyclic) bond motifs is 1. The van der Waals surface area contributed by atoms with E-state index in [9.17, 15) is 4.39 Å². The zero-order valence-electron chi connectivity index (χ0n) is 12.4. The van der Waals surface area contributed by atoms with Crippen molar-refractivity contribution in [3.05, 3.63) is 47.8 Å². The van der Waals surface area contributed by atoms with Gasteiger partial charge in [-0.1, -0.05) is 32.6 Å². The molecule has 0 saturated heterocycles. The van der Waals surface area contributed by atoms with Crippen molar-refractivity contribution in [2.24, 2.45) is 0 Å². The molecule has 0 aliphatic carbocycles. The van der Waals surface area contributed by atoms with Crippen molar-refractivity contribution >= 4 is 25.5 Å². The topological polar surface area (TPSA) is 58.9 Å². The van der Waals surface area contributed by atoms with Crippen LogP contribution < -0.4 is 4.74 Å². The molecular weight excluding hydrogens is 306 g/mol. The van der Waals surface area contributed by atoms with Crippen molar-refractivity contribution in [3.8, 4) is 5.75 Å². The maximum Gasteiger partial charge on any atom is 0.330 e. The molecule has 2 rings (SSSR count).